The molecule has 5 amide bonds. The maximum absolute atomic E-state index is 14.6. The van der Waals surface area contributed by atoms with Crippen molar-refractivity contribution in [1.82, 2.24) is 30.7 Å². The Morgan fingerprint density at radius 2 is 1.40 bits per heavy atom. The number of benzene rings is 3. The van der Waals surface area contributed by atoms with E-state index in [1.54, 1.807) is 47.7 Å². The van der Waals surface area contributed by atoms with Gasteiger partial charge in [-0.25, -0.2) is 9.59 Å². The van der Waals surface area contributed by atoms with Crippen molar-refractivity contribution in [3.63, 3.8) is 0 Å². The van der Waals surface area contributed by atoms with Crippen molar-refractivity contribution in [3.8, 4) is 11.3 Å². The molecule has 3 aromatic carbocycles. The number of alkyl carbamates (subject to hydrolysis) is 1. The van der Waals surface area contributed by atoms with Gasteiger partial charge in [0.15, 0.2) is 0 Å². The van der Waals surface area contributed by atoms with Crippen LogP contribution in [-0.4, -0.2) is 94.3 Å². The van der Waals surface area contributed by atoms with Crippen LogP contribution in [-0.2, 0) is 39.9 Å². The average Bonchev–Trinajstić information content (AvgIpc) is 3.57. The van der Waals surface area contributed by atoms with E-state index in [0.29, 0.717) is 0 Å². The van der Waals surface area contributed by atoms with Crippen LogP contribution in [0, 0.1) is 10.8 Å². The van der Waals surface area contributed by atoms with Crippen LogP contribution in [0.4, 0.5) is 22.8 Å². The van der Waals surface area contributed by atoms with E-state index >= 15 is 0 Å². The van der Waals surface area contributed by atoms with Gasteiger partial charge in [0.1, 0.15) is 12.1 Å². The number of halogens is 3. The first kappa shape index (κ1) is 48.1. The molecule has 15 heteroatoms. The summed E-state index contributed by atoms with van der Waals surface area (Å²) in [6.45, 7) is 10.7. The number of carbonyl (C=O) groups excluding carboxylic acids is 4. The van der Waals surface area contributed by atoms with Crippen LogP contribution in [0.5, 0.6) is 0 Å². The van der Waals surface area contributed by atoms with Crippen molar-refractivity contribution in [1.29, 1.82) is 0 Å². The van der Waals surface area contributed by atoms with Crippen molar-refractivity contribution >= 4 is 23.9 Å². The molecular weight excluding hydrogens is 814 g/mol. The molecule has 1 aromatic heterocycles. The molecule has 2 heterocycles. The molecule has 12 nitrogen and oxygen atoms in total. The Morgan fingerprint density at radius 3 is 2.00 bits per heavy atom. The van der Waals surface area contributed by atoms with E-state index in [1.165, 1.54) is 35.1 Å². The van der Waals surface area contributed by atoms with Crippen molar-refractivity contribution in [2.45, 2.75) is 104 Å². The largest absolute Gasteiger partial charge is 0.453 e. The fourth-order valence-electron chi connectivity index (χ4n) is 7.96. The normalized spacial score (nSPS) is 15.8. The van der Waals surface area contributed by atoms with E-state index in [2.05, 4.69) is 20.9 Å². The number of nitrogens with one attached hydrogen (secondary N) is 3. The van der Waals surface area contributed by atoms with Crippen molar-refractivity contribution < 1.29 is 42.2 Å². The fraction of sp³-hybridized carbons (Fsp3) is 0.438. The van der Waals surface area contributed by atoms with Crippen LogP contribution in [0.1, 0.15) is 70.2 Å². The lowest BCUT2D eigenvalue weighted by Gasteiger charge is -2.38. The molecule has 0 saturated carbocycles. The lowest BCUT2D eigenvalue weighted by atomic mass is 9.84. The summed E-state index contributed by atoms with van der Waals surface area (Å²) in [5, 5.41) is 21.0. The predicted octanol–water partition coefficient (Wildman–Crippen LogP) is 7.40. The number of pyridine rings is 1. The van der Waals surface area contributed by atoms with E-state index in [0.717, 1.165) is 28.5 Å². The number of aliphatic hydroxyl groups is 1. The van der Waals surface area contributed by atoms with Crippen LogP contribution in [0.15, 0.2) is 103 Å². The van der Waals surface area contributed by atoms with Gasteiger partial charge in [0, 0.05) is 37.4 Å². The van der Waals surface area contributed by atoms with Gasteiger partial charge >= 0.3 is 18.3 Å². The number of urea groups is 1. The Morgan fingerprint density at radius 1 is 0.762 bits per heavy atom. The number of carbonyl (C=O) groups is 4. The van der Waals surface area contributed by atoms with Gasteiger partial charge in [-0.2, -0.15) is 13.2 Å². The molecule has 4 aromatic rings. The standard InChI is InChI=1S/C48H59F3N6O6/c1-46(2,3)40(55-44(61)63-7)42(59)53-35(27-32-20-22-33(23-21-32)37-19-13-14-24-52-37)29-39(58)38(28-31-15-9-8-10-16-31)54-43(60)41(47(4,5)6)57-26-25-56(45(57)62)30-34-17-11-12-18-36(34)48(49,50)51/h8-24,35,38-41,58H,25-30H2,1-7H3,(H,53,59)(H,54,60)(H,55,61)/t35-,38-,39-,40+,41+/m0/s1. The predicted molar refractivity (Wildman–Crippen MR) is 234 cm³/mol. The second kappa shape index (κ2) is 20.5. The summed E-state index contributed by atoms with van der Waals surface area (Å²) in [5.74, 6) is -1.05. The number of ether oxygens (including phenoxy) is 1. The zero-order chi connectivity index (χ0) is 46.1. The van der Waals surface area contributed by atoms with Crippen LogP contribution >= 0.6 is 0 Å². The zero-order valence-electron chi connectivity index (χ0n) is 36.9. The van der Waals surface area contributed by atoms with Gasteiger partial charge < -0.3 is 35.6 Å². The molecule has 1 aliphatic rings. The minimum absolute atomic E-state index is 0.0319. The molecule has 0 bridgehead atoms. The van der Waals surface area contributed by atoms with Gasteiger partial charge in [-0.15, -0.1) is 0 Å². The van der Waals surface area contributed by atoms with E-state index in [1.807, 2.05) is 72.8 Å². The van der Waals surface area contributed by atoms with Crippen molar-refractivity contribution in [2.75, 3.05) is 20.2 Å². The van der Waals surface area contributed by atoms with E-state index < -0.39 is 76.8 Å². The van der Waals surface area contributed by atoms with Crippen LogP contribution in [0.2, 0.25) is 0 Å². The first-order chi connectivity index (χ1) is 29.6. The summed E-state index contributed by atoms with van der Waals surface area (Å²) in [5.41, 5.74) is 0.867. The second-order valence-corrected chi connectivity index (χ2v) is 18.2. The summed E-state index contributed by atoms with van der Waals surface area (Å²) in [6.07, 6.45) is -4.51. The molecule has 63 heavy (non-hydrogen) atoms. The lowest BCUT2D eigenvalue weighted by molar-refractivity contribution is -0.138. The number of methoxy groups -OCH3 is 1. The van der Waals surface area contributed by atoms with Gasteiger partial charge in [0.2, 0.25) is 11.8 Å². The number of nitrogens with zero attached hydrogens (tertiary/aromatic N) is 3. The van der Waals surface area contributed by atoms with Gasteiger partial charge in [-0.1, -0.05) is 120 Å². The third-order valence-corrected chi connectivity index (χ3v) is 11.1. The highest BCUT2D eigenvalue weighted by Gasteiger charge is 2.45. The Bertz CT molecular complexity index is 2160. The topological polar surface area (TPSA) is 153 Å². The number of aromatic nitrogens is 1. The van der Waals surface area contributed by atoms with Crippen LogP contribution in [0.25, 0.3) is 11.3 Å². The van der Waals surface area contributed by atoms with E-state index in [9.17, 15) is 37.5 Å². The molecular formula is C48H59F3N6O6. The summed E-state index contributed by atoms with van der Waals surface area (Å²) in [4.78, 5) is 62.1. The summed E-state index contributed by atoms with van der Waals surface area (Å²) in [7, 11) is 1.21. The lowest BCUT2D eigenvalue weighted by Crippen LogP contribution is -2.59. The quantitative estimate of drug-likeness (QED) is 0.0916. The summed E-state index contributed by atoms with van der Waals surface area (Å²) < 4.78 is 46.4. The fourth-order valence-corrected chi connectivity index (χ4v) is 7.96. The minimum atomic E-state index is -4.61. The number of amides is 5. The van der Waals surface area contributed by atoms with Gasteiger partial charge in [-0.3, -0.25) is 14.6 Å². The molecule has 5 atom stereocenters. The Kier molecular flexibility index (Phi) is 15.6. The highest BCUT2D eigenvalue weighted by atomic mass is 19.4. The first-order valence-electron chi connectivity index (χ1n) is 21.0. The van der Waals surface area contributed by atoms with Crippen LogP contribution in [0.3, 0.4) is 0 Å². The summed E-state index contributed by atoms with van der Waals surface area (Å²) in [6, 6.07) is 23.4. The molecule has 0 unspecified atom stereocenters. The molecule has 0 spiro atoms. The molecule has 338 valence electrons. The Hall–Kier alpha value is -5.96. The third kappa shape index (κ3) is 13.0. The second-order valence-electron chi connectivity index (χ2n) is 18.2. The number of hydrogen-bond donors (Lipinski definition) is 4. The Balaban J connectivity index is 1.42. The Labute approximate surface area is 367 Å². The summed E-state index contributed by atoms with van der Waals surface area (Å²) >= 11 is 0. The van der Waals surface area contributed by atoms with Crippen molar-refractivity contribution in [3.05, 3.63) is 126 Å². The van der Waals surface area contributed by atoms with Gasteiger partial charge in [-0.05, 0) is 65.0 Å². The maximum Gasteiger partial charge on any atom is 0.416 e. The number of alkyl halides is 3. The maximum atomic E-state index is 14.6. The SMILES string of the molecule is COC(=O)N[C@H](C(=O)N[C@@H](Cc1ccc(-c2ccccn2)cc1)C[C@H](O)[C@H](Cc1ccccc1)NC(=O)[C@@H](N1CCN(Cc2ccccc2C(F)(F)F)C1=O)C(C)(C)C)C(C)(C)C. The zero-order valence-corrected chi connectivity index (χ0v) is 36.9. The highest BCUT2D eigenvalue weighted by molar-refractivity contribution is 5.89. The molecule has 0 radical (unpaired) electrons. The smallest absolute Gasteiger partial charge is 0.416 e. The molecule has 0 aliphatic carbocycles. The first-order valence-corrected chi connectivity index (χ1v) is 21.0. The molecule has 1 saturated heterocycles. The molecule has 4 N–H and O–H groups in total. The number of rotatable bonds is 16. The minimum Gasteiger partial charge on any atom is -0.453 e. The highest BCUT2D eigenvalue weighted by Crippen LogP contribution is 2.34. The van der Waals surface area contributed by atoms with E-state index in [4.69, 9.17) is 4.74 Å². The molecule has 1 fully saturated rings. The molecule has 1 aliphatic heterocycles. The average molecular weight is 873 g/mol. The number of aliphatic hydroxyl groups excluding tert-OH is 1. The van der Waals surface area contributed by atoms with Crippen molar-refractivity contribution in [2.24, 2.45) is 10.8 Å². The van der Waals surface area contributed by atoms with Crippen LogP contribution < -0.4 is 16.0 Å². The molecule has 5 rings (SSSR count). The van der Waals surface area contributed by atoms with E-state index in [-0.39, 0.29) is 44.5 Å². The van der Waals surface area contributed by atoms with Gasteiger partial charge in [0.25, 0.3) is 0 Å². The monoisotopic (exact) mass is 872 g/mol. The third-order valence-electron chi connectivity index (χ3n) is 11.1. The number of hydrogen-bond acceptors (Lipinski definition) is 7. The van der Waals surface area contributed by atoms with Gasteiger partial charge in [0.05, 0.1) is 30.5 Å².